The van der Waals surface area contributed by atoms with Crippen molar-refractivity contribution >= 4 is 40.8 Å². The molecule has 1 atom stereocenters. The van der Waals surface area contributed by atoms with Crippen LogP contribution in [0, 0.1) is 0 Å². The summed E-state index contributed by atoms with van der Waals surface area (Å²) in [6.45, 7) is 0.0735. The van der Waals surface area contributed by atoms with E-state index in [0.717, 1.165) is 27.8 Å². The Kier molecular flexibility index (Phi) is 7.79. The first-order valence-electron chi connectivity index (χ1n) is 11.0. The van der Waals surface area contributed by atoms with Gasteiger partial charge in [-0.2, -0.15) is 0 Å². The molecule has 35 heavy (non-hydrogen) atoms. The molecule has 4 rings (SSSR count). The standard InChI is InChI=1S/C26H23N3O5S/c30-23(20(16-18-8-3-1-4-9-18)28-24(31)21-12-7-15-34-21)27-13-14-29-25(32)22(35-26(29)33)17-19-10-5-2-6-11-19/h1-12,15,17,20H,13-14,16H2,(H,27,30)(H,28,31)/b22-17-/t20-/m0/s1. The van der Waals surface area contributed by atoms with E-state index in [4.69, 9.17) is 4.42 Å². The van der Waals surface area contributed by atoms with Gasteiger partial charge in [0.15, 0.2) is 5.76 Å². The fourth-order valence-corrected chi connectivity index (χ4v) is 4.37. The Balaban J connectivity index is 1.37. The molecule has 8 nitrogen and oxygen atoms in total. The maximum absolute atomic E-state index is 12.9. The lowest BCUT2D eigenvalue weighted by molar-refractivity contribution is -0.125. The van der Waals surface area contributed by atoms with Crippen LogP contribution in [0.15, 0.2) is 88.4 Å². The molecule has 1 saturated heterocycles. The van der Waals surface area contributed by atoms with Crippen molar-refractivity contribution in [1.29, 1.82) is 0 Å². The number of carbonyl (C=O) groups excluding carboxylic acids is 4. The summed E-state index contributed by atoms with van der Waals surface area (Å²) in [5.41, 5.74) is 1.69. The molecule has 4 amide bonds. The molecule has 0 aliphatic carbocycles. The summed E-state index contributed by atoms with van der Waals surface area (Å²) in [5, 5.41) is 5.03. The van der Waals surface area contributed by atoms with Crippen molar-refractivity contribution in [2.45, 2.75) is 12.5 Å². The smallest absolute Gasteiger partial charge is 0.293 e. The predicted octanol–water partition coefficient (Wildman–Crippen LogP) is 3.47. The number of imide groups is 1. The van der Waals surface area contributed by atoms with Crippen LogP contribution in [0.1, 0.15) is 21.7 Å². The maximum Gasteiger partial charge on any atom is 0.293 e. The van der Waals surface area contributed by atoms with E-state index >= 15 is 0 Å². The van der Waals surface area contributed by atoms with Crippen LogP contribution in [-0.4, -0.2) is 47.0 Å². The number of carbonyl (C=O) groups is 4. The molecule has 2 N–H and O–H groups in total. The summed E-state index contributed by atoms with van der Waals surface area (Å²) in [6.07, 6.45) is 3.31. The van der Waals surface area contributed by atoms with Gasteiger partial charge < -0.3 is 15.1 Å². The highest BCUT2D eigenvalue weighted by molar-refractivity contribution is 8.18. The van der Waals surface area contributed by atoms with E-state index < -0.39 is 29.0 Å². The lowest BCUT2D eigenvalue weighted by Gasteiger charge is -2.19. The molecule has 178 valence electrons. The molecule has 0 unspecified atom stereocenters. The number of nitrogens with one attached hydrogen (secondary N) is 2. The fourth-order valence-electron chi connectivity index (χ4n) is 3.50. The molecular formula is C26H23N3O5S. The van der Waals surface area contributed by atoms with E-state index in [2.05, 4.69) is 10.6 Å². The van der Waals surface area contributed by atoms with Gasteiger partial charge in [-0.05, 0) is 41.1 Å². The van der Waals surface area contributed by atoms with Crippen LogP contribution in [0.2, 0.25) is 0 Å². The van der Waals surface area contributed by atoms with Crippen molar-refractivity contribution in [1.82, 2.24) is 15.5 Å². The molecule has 0 radical (unpaired) electrons. The van der Waals surface area contributed by atoms with Crippen LogP contribution < -0.4 is 10.6 Å². The van der Waals surface area contributed by atoms with Gasteiger partial charge in [0.25, 0.3) is 17.1 Å². The first-order valence-corrected chi connectivity index (χ1v) is 11.8. The number of nitrogens with zero attached hydrogens (tertiary/aromatic N) is 1. The number of thioether (sulfide) groups is 1. The molecule has 3 aromatic rings. The number of hydrogen-bond donors (Lipinski definition) is 2. The topological polar surface area (TPSA) is 109 Å². The van der Waals surface area contributed by atoms with E-state index in [1.807, 2.05) is 60.7 Å². The van der Waals surface area contributed by atoms with Crippen LogP contribution in [0.4, 0.5) is 4.79 Å². The van der Waals surface area contributed by atoms with Crippen molar-refractivity contribution in [3.8, 4) is 0 Å². The Morgan fingerprint density at radius 2 is 1.69 bits per heavy atom. The van der Waals surface area contributed by atoms with Gasteiger partial charge in [0, 0.05) is 19.5 Å². The Morgan fingerprint density at radius 1 is 0.971 bits per heavy atom. The highest BCUT2D eigenvalue weighted by atomic mass is 32.2. The summed E-state index contributed by atoms with van der Waals surface area (Å²) in [4.78, 5) is 51.9. The highest BCUT2D eigenvalue weighted by Gasteiger charge is 2.35. The Hall–Kier alpha value is -4.11. The molecule has 0 saturated carbocycles. The Bertz CT molecular complexity index is 1230. The number of rotatable bonds is 9. The van der Waals surface area contributed by atoms with Crippen LogP contribution in [0.25, 0.3) is 6.08 Å². The van der Waals surface area contributed by atoms with Crippen molar-refractivity contribution in [3.63, 3.8) is 0 Å². The molecule has 1 aliphatic heterocycles. The predicted molar refractivity (Wildman–Crippen MR) is 132 cm³/mol. The minimum atomic E-state index is -0.872. The Morgan fingerprint density at radius 3 is 2.37 bits per heavy atom. The van der Waals surface area contributed by atoms with Gasteiger partial charge in [-0.3, -0.25) is 24.1 Å². The maximum atomic E-state index is 12.9. The third-order valence-corrected chi connectivity index (χ3v) is 6.16. The zero-order valence-corrected chi connectivity index (χ0v) is 19.5. The largest absolute Gasteiger partial charge is 0.459 e. The van der Waals surface area contributed by atoms with Crippen LogP contribution >= 0.6 is 11.8 Å². The van der Waals surface area contributed by atoms with Crippen molar-refractivity contribution < 1.29 is 23.6 Å². The first-order chi connectivity index (χ1) is 17.0. The van der Waals surface area contributed by atoms with E-state index in [-0.39, 0.29) is 25.3 Å². The first kappa shape index (κ1) is 24.0. The molecule has 2 aromatic carbocycles. The summed E-state index contributed by atoms with van der Waals surface area (Å²) in [5.74, 6) is -1.24. The third-order valence-electron chi connectivity index (χ3n) is 5.25. The van der Waals surface area contributed by atoms with Gasteiger partial charge >= 0.3 is 0 Å². The zero-order chi connectivity index (χ0) is 24.6. The molecule has 1 aromatic heterocycles. The second-order valence-electron chi connectivity index (χ2n) is 7.73. The molecule has 1 aliphatic rings. The number of hydrogen-bond acceptors (Lipinski definition) is 6. The van der Waals surface area contributed by atoms with E-state index in [0.29, 0.717) is 4.91 Å². The summed E-state index contributed by atoms with van der Waals surface area (Å²) in [7, 11) is 0. The van der Waals surface area contributed by atoms with Crippen molar-refractivity contribution in [3.05, 3.63) is 101 Å². The van der Waals surface area contributed by atoms with Gasteiger partial charge in [-0.15, -0.1) is 0 Å². The second kappa shape index (κ2) is 11.3. The highest BCUT2D eigenvalue weighted by Crippen LogP contribution is 2.31. The number of benzene rings is 2. The quantitative estimate of drug-likeness (QED) is 0.446. The average Bonchev–Trinajstić information content (AvgIpc) is 3.50. The third kappa shape index (κ3) is 6.27. The molecule has 0 spiro atoms. The molecule has 9 heteroatoms. The van der Waals surface area contributed by atoms with Gasteiger partial charge in [0.2, 0.25) is 5.91 Å². The average molecular weight is 490 g/mol. The number of furan rings is 1. The van der Waals surface area contributed by atoms with Crippen LogP contribution in [0.3, 0.4) is 0 Å². The van der Waals surface area contributed by atoms with Crippen molar-refractivity contribution in [2.75, 3.05) is 13.1 Å². The normalized spacial score (nSPS) is 15.3. The van der Waals surface area contributed by atoms with Gasteiger partial charge in [-0.25, -0.2) is 0 Å². The molecular weight excluding hydrogens is 466 g/mol. The van der Waals surface area contributed by atoms with Gasteiger partial charge in [0.1, 0.15) is 6.04 Å². The van der Waals surface area contributed by atoms with Crippen molar-refractivity contribution in [2.24, 2.45) is 0 Å². The lowest BCUT2D eigenvalue weighted by atomic mass is 10.1. The minimum Gasteiger partial charge on any atom is -0.459 e. The molecule has 1 fully saturated rings. The fraction of sp³-hybridized carbons (Fsp3) is 0.154. The zero-order valence-electron chi connectivity index (χ0n) is 18.7. The van der Waals surface area contributed by atoms with Gasteiger partial charge in [-0.1, -0.05) is 60.7 Å². The summed E-state index contributed by atoms with van der Waals surface area (Å²) < 4.78 is 5.12. The van der Waals surface area contributed by atoms with E-state index in [1.54, 1.807) is 12.1 Å². The summed E-state index contributed by atoms with van der Waals surface area (Å²) in [6, 6.07) is 20.8. The lowest BCUT2D eigenvalue weighted by Crippen LogP contribution is -2.49. The Labute approximate surface area is 206 Å². The van der Waals surface area contributed by atoms with E-state index in [9.17, 15) is 19.2 Å². The van der Waals surface area contributed by atoms with E-state index in [1.165, 1.54) is 12.3 Å². The number of amides is 4. The van der Waals surface area contributed by atoms with Gasteiger partial charge in [0.05, 0.1) is 11.2 Å². The second-order valence-corrected chi connectivity index (χ2v) is 8.72. The minimum absolute atomic E-state index is 0.0206. The monoisotopic (exact) mass is 489 g/mol. The SMILES string of the molecule is O=C(N[C@@H](Cc1ccccc1)C(=O)NCCN1C(=O)S/C(=C\c2ccccc2)C1=O)c1ccco1. The summed E-state index contributed by atoms with van der Waals surface area (Å²) >= 11 is 0.869. The molecule has 0 bridgehead atoms. The molecule has 2 heterocycles. The van der Waals surface area contributed by atoms with Crippen LogP contribution in [-0.2, 0) is 16.0 Å². The van der Waals surface area contributed by atoms with Crippen LogP contribution in [0.5, 0.6) is 0 Å².